The van der Waals surface area contributed by atoms with Crippen molar-refractivity contribution in [2.75, 3.05) is 0 Å². The summed E-state index contributed by atoms with van der Waals surface area (Å²) in [6.07, 6.45) is 0. The molecule has 1 heterocycles. The van der Waals surface area contributed by atoms with Crippen LogP contribution in [0.1, 0.15) is 0 Å². The summed E-state index contributed by atoms with van der Waals surface area (Å²) in [6, 6.07) is 4.68. The molecule has 0 aliphatic rings. The van der Waals surface area contributed by atoms with Crippen molar-refractivity contribution in [3.05, 3.63) is 29.0 Å². The van der Waals surface area contributed by atoms with E-state index >= 15 is 0 Å². The normalized spacial score (nSPS) is 10.9. The van der Waals surface area contributed by atoms with Crippen LogP contribution in [-0.2, 0) is 0 Å². The molecule has 0 radical (unpaired) electrons. The third-order valence-corrected chi connectivity index (χ3v) is 3.25. The van der Waals surface area contributed by atoms with E-state index in [4.69, 9.17) is 21.6 Å². The zero-order valence-corrected chi connectivity index (χ0v) is 8.44. The van der Waals surface area contributed by atoms with Gasteiger partial charge in [0.25, 0.3) is 0 Å². The molecule has 0 saturated carbocycles. The van der Waals surface area contributed by atoms with Crippen molar-refractivity contribution in [3.8, 4) is 0 Å². The first-order chi connectivity index (χ1) is 6.59. The Balaban J connectivity index is 2.73. The van der Waals surface area contributed by atoms with E-state index in [1.165, 1.54) is 6.07 Å². The van der Waals surface area contributed by atoms with Crippen LogP contribution in [0.3, 0.4) is 0 Å². The fourth-order valence-corrected chi connectivity index (χ4v) is 2.46. The van der Waals surface area contributed by atoms with E-state index in [1.54, 1.807) is 12.1 Å². The maximum Gasteiger partial charge on any atom is 0.502 e. The van der Waals surface area contributed by atoms with Crippen molar-refractivity contribution in [1.82, 2.24) is 0 Å². The van der Waals surface area contributed by atoms with Gasteiger partial charge in [-0.1, -0.05) is 11.6 Å². The lowest BCUT2D eigenvalue weighted by atomic mass is 9.89. The maximum atomic E-state index is 13.5. The highest BCUT2D eigenvalue weighted by molar-refractivity contribution is 7.28. The van der Waals surface area contributed by atoms with Crippen molar-refractivity contribution >= 4 is 44.9 Å². The van der Waals surface area contributed by atoms with E-state index in [0.29, 0.717) is 15.1 Å². The number of fused-ring (bicyclic) bond motifs is 1. The molecule has 2 rings (SSSR count). The largest absolute Gasteiger partial charge is 0.502 e. The predicted molar refractivity (Wildman–Crippen MR) is 56.6 cm³/mol. The zero-order valence-electron chi connectivity index (χ0n) is 6.87. The van der Waals surface area contributed by atoms with Crippen LogP contribution in [0.2, 0.25) is 5.02 Å². The fourth-order valence-electron chi connectivity index (χ4n) is 1.22. The van der Waals surface area contributed by atoms with E-state index in [2.05, 4.69) is 0 Å². The molecule has 72 valence electrons. The molecule has 0 spiro atoms. The topological polar surface area (TPSA) is 40.5 Å². The molecule has 0 unspecified atom stereocenters. The molecular formula is C8H5BClFO2S. The van der Waals surface area contributed by atoms with Gasteiger partial charge in [-0.2, -0.15) is 0 Å². The second-order valence-corrected chi connectivity index (χ2v) is 4.31. The van der Waals surface area contributed by atoms with Crippen LogP contribution in [0.4, 0.5) is 4.39 Å². The summed E-state index contributed by atoms with van der Waals surface area (Å²) >= 11 is 6.71. The summed E-state index contributed by atoms with van der Waals surface area (Å²) in [7, 11) is -1.77. The van der Waals surface area contributed by atoms with Crippen molar-refractivity contribution in [1.29, 1.82) is 0 Å². The molecule has 0 aliphatic carbocycles. The van der Waals surface area contributed by atoms with Gasteiger partial charge in [0.1, 0.15) is 5.82 Å². The molecule has 14 heavy (non-hydrogen) atoms. The van der Waals surface area contributed by atoms with Crippen LogP contribution >= 0.6 is 22.9 Å². The molecule has 0 bridgehead atoms. The van der Waals surface area contributed by atoms with E-state index < -0.39 is 12.9 Å². The first kappa shape index (κ1) is 9.92. The van der Waals surface area contributed by atoms with Gasteiger partial charge < -0.3 is 10.0 Å². The lowest BCUT2D eigenvalue weighted by Crippen LogP contribution is -2.29. The molecule has 0 saturated heterocycles. The van der Waals surface area contributed by atoms with Crippen LogP contribution in [-0.4, -0.2) is 17.2 Å². The third kappa shape index (κ3) is 1.52. The first-order valence-electron chi connectivity index (χ1n) is 3.83. The van der Waals surface area contributed by atoms with Crippen LogP contribution in [0, 0.1) is 5.82 Å². The molecular weight excluding hydrogens is 225 g/mol. The van der Waals surface area contributed by atoms with Crippen molar-refractivity contribution in [2.45, 2.75) is 0 Å². The summed E-state index contributed by atoms with van der Waals surface area (Å²) in [5.41, 5.74) is 0. The lowest BCUT2D eigenvalue weighted by molar-refractivity contribution is 0.424. The van der Waals surface area contributed by atoms with E-state index in [9.17, 15) is 4.39 Å². The summed E-state index contributed by atoms with van der Waals surface area (Å²) in [4.78, 5) is 0. The summed E-state index contributed by atoms with van der Waals surface area (Å²) in [6.45, 7) is 0. The van der Waals surface area contributed by atoms with Gasteiger partial charge in [-0.3, -0.25) is 0 Å². The highest BCUT2D eigenvalue weighted by Gasteiger charge is 2.21. The second-order valence-electron chi connectivity index (χ2n) is 2.79. The molecule has 2 nitrogen and oxygen atoms in total. The monoisotopic (exact) mass is 230 g/mol. The third-order valence-electron chi connectivity index (χ3n) is 1.85. The molecule has 1 aromatic carbocycles. The predicted octanol–water partition coefficient (Wildman–Crippen LogP) is 1.37. The van der Waals surface area contributed by atoms with Gasteiger partial charge in [0, 0.05) is 15.1 Å². The second kappa shape index (κ2) is 3.51. The molecule has 1 aromatic heterocycles. The number of halogens is 2. The van der Waals surface area contributed by atoms with E-state index in [1.807, 2.05) is 0 Å². The average Bonchev–Trinajstić information content (AvgIpc) is 2.43. The minimum absolute atomic E-state index is 0.0812. The van der Waals surface area contributed by atoms with Gasteiger partial charge in [-0.05, 0) is 18.2 Å². The van der Waals surface area contributed by atoms with Crippen LogP contribution in [0.5, 0.6) is 0 Å². The zero-order chi connectivity index (χ0) is 10.3. The minimum Gasteiger partial charge on any atom is -0.423 e. The quantitative estimate of drug-likeness (QED) is 0.727. The number of hydrogen-bond donors (Lipinski definition) is 2. The van der Waals surface area contributed by atoms with Gasteiger partial charge >= 0.3 is 7.12 Å². The molecule has 6 heteroatoms. The van der Waals surface area contributed by atoms with Crippen molar-refractivity contribution < 1.29 is 14.4 Å². The molecule has 0 amide bonds. The van der Waals surface area contributed by atoms with E-state index in [-0.39, 0.29) is 4.78 Å². The molecule has 2 N–H and O–H groups in total. The van der Waals surface area contributed by atoms with Crippen molar-refractivity contribution in [2.24, 2.45) is 0 Å². The average molecular weight is 230 g/mol. The Labute approximate surface area is 88.7 Å². The minimum atomic E-state index is -1.77. The maximum absolute atomic E-state index is 13.5. The van der Waals surface area contributed by atoms with Crippen molar-refractivity contribution in [3.63, 3.8) is 0 Å². The fraction of sp³-hybridized carbons (Fsp3) is 0. The SMILES string of the molecule is OB(O)c1sc2cc(Cl)ccc2c1F. The summed E-state index contributed by atoms with van der Waals surface area (Å²) in [5, 5.41) is 18.6. The van der Waals surface area contributed by atoms with Crippen LogP contribution < -0.4 is 4.78 Å². The Hall–Kier alpha value is -0.615. The number of rotatable bonds is 1. The highest BCUT2D eigenvalue weighted by Crippen LogP contribution is 2.26. The van der Waals surface area contributed by atoms with Gasteiger partial charge in [-0.25, -0.2) is 4.39 Å². The Bertz CT molecular complexity index is 485. The van der Waals surface area contributed by atoms with Gasteiger partial charge in [0.2, 0.25) is 0 Å². The van der Waals surface area contributed by atoms with Gasteiger partial charge in [-0.15, -0.1) is 11.3 Å². The number of benzene rings is 1. The summed E-state index contributed by atoms with van der Waals surface area (Å²) < 4.78 is 14.0. The van der Waals surface area contributed by atoms with Crippen LogP contribution in [0.25, 0.3) is 10.1 Å². The standard InChI is InChI=1S/C8H5BClFO2S/c10-4-1-2-5-6(3-4)14-8(7(5)11)9(12)13/h1-3,12-13H. The van der Waals surface area contributed by atoms with E-state index in [0.717, 1.165) is 11.3 Å². The highest BCUT2D eigenvalue weighted by atomic mass is 35.5. The van der Waals surface area contributed by atoms with Gasteiger partial charge in [0.15, 0.2) is 0 Å². The Morgan fingerprint density at radius 1 is 1.36 bits per heavy atom. The first-order valence-corrected chi connectivity index (χ1v) is 5.02. The number of thiophene rings is 1. The molecule has 0 aliphatic heterocycles. The lowest BCUT2D eigenvalue weighted by Gasteiger charge is -1.91. The molecule has 0 atom stereocenters. The summed E-state index contributed by atoms with van der Waals surface area (Å²) in [5.74, 6) is -0.586. The van der Waals surface area contributed by atoms with Crippen LogP contribution in [0.15, 0.2) is 18.2 Å². The Morgan fingerprint density at radius 3 is 2.71 bits per heavy atom. The van der Waals surface area contributed by atoms with Gasteiger partial charge in [0.05, 0.1) is 4.78 Å². The molecule has 2 aromatic rings. The smallest absolute Gasteiger partial charge is 0.423 e. The Kier molecular flexibility index (Phi) is 2.49. The number of hydrogen-bond acceptors (Lipinski definition) is 3. The molecule has 0 fully saturated rings. The Morgan fingerprint density at radius 2 is 2.07 bits per heavy atom.